The molecule has 0 spiro atoms. The number of H-pyrrole nitrogens is 1. The molecule has 0 bridgehead atoms. The number of nitrogens with one attached hydrogen (secondary N) is 1. The molecule has 0 aliphatic rings. The molecule has 0 saturated heterocycles. The average molecular weight is 225 g/mol. The minimum absolute atomic E-state index is 0.236. The van der Waals surface area contributed by atoms with E-state index in [2.05, 4.69) is 14.7 Å². The Morgan fingerprint density at radius 2 is 2.40 bits per heavy atom. The second-order valence-electron chi connectivity index (χ2n) is 3.10. The molecule has 0 amide bonds. The third-order valence-electron chi connectivity index (χ3n) is 2.15. The molecule has 0 aromatic carbocycles. The zero-order valence-electron chi connectivity index (χ0n) is 8.08. The number of hydrogen-bond donors (Lipinski definition) is 1. The maximum Gasteiger partial charge on any atom is 0.310 e. The SMILES string of the molecule is COC(=O)Cc1c[nH]c2nc(Cl)ccc12. The van der Waals surface area contributed by atoms with Gasteiger partial charge in [-0.1, -0.05) is 11.6 Å². The van der Waals surface area contributed by atoms with Crippen LogP contribution in [-0.4, -0.2) is 23.0 Å². The van der Waals surface area contributed by atoms with Crippen LogP contribution in [0.2, 0.25) is 5.15 Å². The number of nitrogens with zero attached hydrogens (tertiary/aromatic N) is 1. The molecule has 5 heteroatoms. The monoisotopic (exact) mass is 224 g/mol. The molecule has 4 nitrogen and oxygen atoms in total. The molecule has 0 aliphatic carbocycles. The molecule has 0 unspecified atom stereocenters. The smallest absolute Gasteiger partial charge is 0.310 e. The molecule has 78 valence electrons. The van der Waals surface area contributed by atoms with Crippen LogP contribution in [0.15, 0.2) is 18.3 Å². The highest BCUT2D eigenvalue weighted by Gasteiger charge is 2.09. The lowest BCUT2D eigenvalue weighted by atomic mass is 10.1. The highest BCUT2D eigenvalue weighted by Crippen LogP contribution is 2.19. The van der Waals surface area contributed by atoms with Gasteiger partial charge in [-0.15, -0.1) is 0 Å². The van der Waals surface area contributed by atoms with Gasteiger partial charge in [0.05, 0.1) is 13.5 Å². The van der Waals surface area contributed by atoms with Crippen LogP contribution >= 0.6 is 11.6 Å². The van der Waals surface area contributed by atoms with E-state index in [0.29, 0.717) is 10.8 Å². The number of aromatic amines is 1. The lowest BCUT2D eigenvalue weighted by Crippen LogP contribution is -2.03. The van der Waals surface area contributed by atoms with Crippen molar-refractivity contribution < 1.29 is 9.53 Å². The molecule has 2 rings (SSSR count). The Bertz CT molecular complexity index is 507. The fraction of sp³-hybridized carbons (Fsp3) is 0.200. The summed E-state index contributed by atoms with van der Waals surface area (Å²) in [6.45, 7) is 0. The van der Waals surface area contributed by atoms with Crippen molar-refractivity contribution in [2.24, 2.45) is 0 Å². The quantitative estimate of drug-likeness (QED) is 0.627. The van der Waals surface area contributed by atoms with Crippen molar-refractivity contribution in [2.75, 3.05) is 7.11 Å². The maximum absolute atomic E-state index is 11.1. The van der Waals surface area contributed by atoms with E-state index in [1.165, 1.54) is 7.11 Å². The summed E-state index contributed by atoms with van der Waals surface area (Å²) in [6.07, 6.45) is 1.98. The Morgan fingerprint density at radius 1 is 1.60 bits per heavy atom. The van der Waals surface area contributed by atoms with Gasteiger partial charge in [-0.05, 0) is 17.7 Å². The van der Waals surface area contributed by atoms with Gasteiger partial charge in [-0.2, -0.15) is 0 Å². The largest absolute Gasteiger partial charge is 0.469 e. The predicted molar refractivity (Wildman–Crippen MR) is 56.8 cm³/mol. The average Bonchev–Trinajstić information content (AvgIpc) is 2.60. The van der Waals surface area contributed by atoms with E-state index >= 15 is 0 Å². The lowest BCUT2D eigenvalue weighted by Gasteiger charge is -1.97. The molecule has 2 aromatic rings. The molecule has 0 radical (unpaired) electrons. The van der Waals surface area contributed by atoms with Gasteiger partial charge in [-0.3, -0.25) is 4.79 Å². The number of carbonyl (C=O) groups is 1. The van der Waals surface area contributed by atoms with Gasteiger partial charge in [0.15, 0.2) is 0 Å². The molecule has 0 aliphatic heterocycles. The summed E-state index contributed by atoms with van der Waals surface area (Å²) in [6, 6.07) is 3.53. The van der Waals surface area contributed by atoms with Crippen LogP contribution < -0.4 is 0 Å². The van der Waals surface area contributed by atoms with Crippen LogP contribution in [0.3, 0.4) is 0 Å². The van der Waals surface area contributed by atoms with Crippen LogP contribution in [0.25, 0.3) is 11.0 Å². The van der Waals surface area contributed by atoms with Crippen molar-refractivity contribution in [3.05, 3.63) is 29.0 Å². The first kappa shape index (κ1) is 9.98. The summed E-state index contributed by atoms with van der Waals surface area (Å²) in [4.78, 5) is 18.1. The van der Waals surface area contributed by atoms with Crippen LogP contribution in [-0.2, 0) is 16.0 Å². The number of fused-ring (bicyclic) bond motifs is 1. The number of methoxy groups -OCH3 is 1. The number of halogens is 1. The molecular weight excluding hydrogens is 216 g/mol. The number of carbonyl (C=O) groups excluding carboxylic acids is 1. The summed E-state index contributed by atoms with van der Waals surface area (Å²) < 4.78 is 4.60. The van der Waals surface area contributed by atoms with E-state index in [1.807, 2.05) is 6.07 Å². The third-order valence-corrected chi connectivity index (χ3v) is 2.36. The zero-order valence-corrected chi connectivity index (χ0v) is 8.84. The number of ether oxygens (including phenoxy) is 1. The van der Waals surface area contributed by atoms with Crippen molar-refractivity contribution >= 4 is 28.6 Å². The molecule has 0 atom stereocenters. The van der Waals surface area contributed by atoms with E-state index in [-0.39, 0.29) is 12.4 Å². The van der Waals surface area contributed by atoms with Crippen molar-refractivity contribution in [1.82, 2.24) is 9.97 Å². The van der Waals surface area contributed by atoms with E-state index in [0.717, 1.165) is 10.9 Å². The molecule has 0 fully saturated rings. The van der Waals surface area contributed by atoms with Gasteiger partial charge >= 0.3 is 5.97 Å². The first-order valence-electron chi connectivity index (χ1n) is 4.40. The van der Waals surface area contributed by atoms with Crippen LogP contribution in [0.5, 0.6) is 0 Å². The number of esters is 1. The second kappa shape index (κ2) is 3.90. The Kier molecular flexibility index (Phi) is 2.60. The second-order valence-corrected chi connectivity index (χ2v) is 3.48. The molecule has 0 saturated carbocycles. The van der Waals surface area contributed by atoms with Gasteiger partial charge in [-0.25, -0.2) is 4.98 Å². The summed E-state index contributed by atoms with van der Waals surface area (Å²) in [7, 11) is 1.37. The van der Waals surface area contributed by atoms with E-state index < -0.39 is 0 Å². The molecule has 2 aromatic heterocycles. The van der Waals surface area contributed by atoms with Crippen LogP contribution in [0, 0.1) is 0 Å². The summed E-state index contributed by atoms with van der Waals surface area (Å²) in [5.74, 6) is -0.272. The first-order valence-corrected chi connectivity index (χ1v) is 4.78. The van der Waals surface area contributed by atoms with E-state index in [4.69, 9.17) is 11.6 Å². The van der Waals surface area contributed by atoms with Crippen molar-refractivity contribution in [3.8, 4) is 0 Å². The van der Waals surface area contributed by atoms with Crippen molar-refractivity contribution in [3.63, 3.8) is 0 Å². The minimum Gasteiger partial charge on any atom is -0.469 e. The van der Waals surface area contributed by atoms with Gasteiger partial charge in [0.2, 0.25) is 0 Å². The Hall–Kier alpha value is -1.55. The fourth-order valence-electron chi connectivity index (χ4n) is 1.41. The van der Waals surface area contributed by atoms with Gasteiger partial charge < -0.3 is 9.72 Å². The standard InChI is InChI=1S/C10H9ClN2O2/c1-15-9(14)4-6-5-12-10-7(6)2-3-8(11)13-10/h2-3,5H,4H2,1H3,(H,12,13). The Balaban J connectivity index is 2.41. The third kappa shape index (κ3) is 1.94. The number of aromatic nitrogens is 2. The maximum atomic E-state index is 11.1. The summed E-state index contributed by atoms with van der Waals surface area (Å²) >= 11 is 5.74. The van der Waals surface area contributed by atoms with Gasteiger partial charge in [0.25, 0.3) is 0 Å². The molecule has 2 heterocycles. The Morgan fingerprint density at radius 3 is 3.13 bits per heavy atom. The fourth-order valence-corrected chi connectivity index (χ4v) is 1.56. The van der Waals surface area contributed by atoms with E-state index in [1.54, 1.807) is 12.3 Å². The van der Waals surface area contributed by atoms with Gasteiger partial charge in [0, 0.05) is 11.6 Å². The normalized spacial score (nSPS) is 10.5. The molecule has 1 N–H and O–H groups in total. The topological polar surface area (TPSA) is 55.0 Å². The zero-order chi connectivity index (χ0) is 10.8. The predicted octanol–water partition coefficient (Wildman–Crippen LogP) is 1.93. The van der Waals surface area contributed by atoms with E-state index in [9.17, 15) is 4.79 Å². The number of hydrogen-bond acceptors (Lipinski definition) is 3. The lowest BCUT2D eigenvalue weighted by molar-refractivity contribution is -0.139. The first-order chi connectivity index (χ1) is 7.20. The van der Waals surface area contributed by atoms with Crippen molar-refractivity contribution in [1.29, 1.82) is 0 Å². The Labute approximate surface area is 91.2 Å². The van der Waals surface area contributed by atoms with Crippen LogP contribution in [0.1, 0.15) is 5.56 Å². The highest BCUT2D eigenvalue weighted by atomic mass is 35.5. The number of pyridine rings is 1. The summed E-state index contributed by atoms with van der Waals surface area (Å²) in [5, 5.41) is 1.32. The van der Waals surface area contributed by atoms with Crippen molar-refractivity contribution in [2.45, 2.75) is 6.42 Å². The highest BCUT2D eigenvalue weighted by molar-refractivity contribution is 6.29. The molecule has 15 heavy (non-hydrogen) atoms. The number of rotatable bonds is 2. The minimum atomic E-state index is -0.272. The van der Waals surface area contributed by atoms with Crippen LogP contribution in [0.4, 0.5) is 0 Å². The summed E-state index contributed by atoms with van der Waals surface area (Å²) in [5.41, 5.74) is 1.54. The molecular formula is C10H9ClN2O2. The van der Waals surface area contributed by atoms with Gasteiger partial charge in [0.1, 0.15) is 10.8 Å².